The Kier molecular flexibility index (Phi) is 4.57. The summed E-state index contributed by atoms with van der Waals surface area (Å²) in [6, 6.07) is 9.59. The number of nitrogens with one attached hydrogen (secondary N) is 1. The van der Waals surface area contributed by atoms with Crippen LogP contribution in [0.5, 0.6) is 0 Å². The van der Waals surface area contributed by atoms with Crippen LogP contribution in [0.3, 0.4) is 0 Å². The van der Waals surface area contributed by atoms with Gasteiger partial charge < -0.3 is 10.4 Å². The van der Waals surface area contributed by atoms with Gasteiger partial charge in [0.05, 0.1) is 12.2 Å². The zero-order valence-corrected chi connectivity index (χ0v) is 15.7. The second kappa shape index (κ2) is 6.90. The molecular formula is C20H20FN3O2S. The second-order valence-corrected chi connectivity index (χ2v) is 7.87. The molecule has 1 aliphatic rings. The quantitative estimate of drug-likeness (QED) is 0.725. The number of halogens is 1. The van der Waals surface area contributed by atoms with Crippen molar-refractivity contribution in [2.75, 3.05) is 6.54 Å². The van der Waals surface area contributed by atoms with Crippen molar-refractivity contribution in [2.24, 2.45) is 7.05 Å². The summed E-state index contributed by atoms with van der Waals surface area (Å²) in [6.07, 6.45) is 2.51. The summed E-state index contributed by atoms with van der Waals surface area (Å²) in [6.45, 7) is 0.159. The first-order valence-corrected chi connectivity index (χ1v) is 9.72. The number of amides is 1. The van der Waals surface area contributed by atoms with Crippen molar-refractivity contribution in [1.82, 2.24) is 15.1 Å². The highest BCUT2D eigenvalue weighted by atomic mass is 32.1. The Morgan fingerprint density at radius 1 is 1.37 bits per heavy atom. The Balaban J connectivity index is 1.50. The van der Waals surface area contributed by atoms with E-state index in [4.69, 9.17) is 0 Å². The molecule has 1 aromatic carbocycles. The molecule has 0 saturated carbocycles. The van der Waals surface area contributed by atoms with Crippen molar-refractivity contribution in [3.8, 4) is 11.3 Å². The lowest BCUT2D eigenvalue weighted by Crippen LogP contribution is -2.42. The highest BCUT2D eigenvalue weighted by molar-refractivity contribution is 7.10. The maximum atomic E-state index is 13.1. The first kappa shape index (κ1) is 17.9. The van der Waals surface area contributed by atoms with Crippen molar-refractivity contribution < 1.29 is 14.3 Å². The third kappa shape index (κ3) is 3.40. The smallest absolute Gasteiger partial charge is 0.269 e. The zero-order valence-electron chi connectivity index (χ0n) is 14.9. The van der Waals surface area contributed by atoms with Crippen LogP contribution in [-0.2, 0) is 19.1 Å². The molecule has 0 saturated heterocycles. The maximum Gasteiger partial charge on any atom is 0.269 e. The molecule has 0 radical (unpaired) electrons. The standard InChI is InChI=1S/C20H20FN3O2S/c1-24-17(11-16(23-24)13-4-6-14(21)7-5-13)19(25)22-12-20(26)9-2-3-18-15(20)8-10-27-18/h4-8,10-11,26H,2-3,9,12H2,1H3,(H,22,25). The van der Waals surface area contributed by atoms with E-state index in [0.717, 1.165) is 24.0 Å². The SMILES string of the molecule is Cn1nc(-c2ccc(F)cc2)cc1C(=O)NCC1(O)CCCc2sccc21. The van der Waals surface area contributed by atoms with Crippen LogP contribution in [0.15, 0.2) is 41.8 Å². The molecule has 2 aromatic heterocycles. The van der Waals surface area contributed by atoms with Crippen LogP contribution >= 0.6 is 11.3 Å². The number of rotatable bonds is 4. The number of hydrogen-bond acceptors (Lipinski definition) is 4. The number of aryl methyl sites for hydroxylation is 2. The van der Waals surface area contributed by atoms with Gasteiger partial charge in [0.2, 0.25) is 0 Å². The van der Waals surface area contributed by atoms with Gasteiger partial charge >= 0.3 is 0 Å². The number of aliphatic hydroxyl groups is 1. The fourth-order valence-electron chi connectivity index (χ4n) is 3.57. The number of benzene rings is 1. The summed E-state index contributed by atoms with van der Waals surface area (Å²) < 4.78 is 14.6. The maximum absolute atomic E-state index is 13.1. The fraction of sp³-hybridized carbons (Fsp3) is 0.300. The Morgan fingerprint density at radius 2 is 2.15 bits per heavy atom. The van der Waals surface area contributed by atoms with E-state index in [1.165, 1.54) is 21.7 Å². The zero-order chi connectivity index (χ0) is 19.0. The molecule has 3 aromatic rings. The number of thiophene rings is 1. The Morgan fingerprint density at radius 3 is 2.93 bits per heavy atom. The molecule has 0 fully saturated rings. The molecule has 1 aliphatic carbocycles. The monoisotopic (exact) mass is 385 g/mol. The van der Waals surface area contributed by atoms with Crippen LogP contribution in [0.2, 0.25) is 0 Å². The average molecular weight is 385 g/mol. The molecule has 1 unspecified atom stereocenters. The predicted molar refractivity (Wildman–Crippen MR) is 102 cm³/mol. The van der Waals surface area contributed by atoms with Crippen molar-refractivity contribution in [3.63, 3.8) is 0 Å². The molecule has 27 heavy (non-hydrogen) atoms. The third-order valence-electron chi connectivity index (χ3n) is 5.03. The topological polar surface area (TPSA) is 67.2 Å². The lowest BCUT2D eigenvalue weighted by molar-refractivity contribution is 0.0196. The van der Waals surface area contributed by atoms with Crippen LogP contribution < -0.4 is 5.32 Å². The summed E-state index contributed by atoms with van der Waals surface area (Å²) in [5, 5.41) is 20.2. The number of fused-ring (bicyclic) bond motifs is 1. The van der Waals surface area contributed by atoms with E-state index < -0.39 is 5.60 Å². The number of hydrogen-bond donors (Lipinski definition) is 2. The normalized spacial score (nSPS) is 18.9. The van der Waals surface area contributed by atoms with Crippen LogP contribution in [0.4, 0.5) is 4.39 Å². The molecule has 2 N–H and O–H groups in total. The van der Waals surface area contributed by atoms with Crippen LogP contribution in [0.25, 0.3) is 11.3 Å². The largest absolute Gasteiger partial charge is 0.383 e. The van der Waals surface area contributed by atoms with Crippen LogP contribution in [-0.4, -0.2) is 27.3 Å². The van der Waals surface area contributed by atoms with Crippen LogP contribution in [0, 0.1) is 5.82 Å². The predicted octanol–water partition coefficient (Wildman–Crippen LogP) is 3.24. The summed E-state index contributed by atoms with van der Waals surface area (Å²) in [7, 11) is 1.69. The Hall–Kier alpha value is -2.51. The molecule has 2 heterocycles. The van der Waals surface area contributed by atoms with Crippen molar-refractivity contribution in [2.45, 2.75) is 24.9 Å². The van der Waals surface area contributed by atoms with E-state index in [1.807, 2.05) is 11.4 Å². The number of aromatic nitrogens is 2. The van der Waals surface area contributed by atoms with E-state index in [0.29, 0.717) is 17.8 Å². The van der Waals surface area contributed by atoms with E-state index in [9.17, 15) is 14.3 Å². The lowest BCUT2D eigenvalue weighted by atomic mass is 9.83. The number of nitrogens with zero attached hydrogens (tertiary/aromatic N) is 2. The van der Waals surface area contributed by atoms with Crippen molar-refractivity contribution in [1.29, 1.82) is 0 Å². The van der Waals surface area contributed by atoms with Gasteiger partial charge in [-0.1, -0.05) is 0 Å². The molecule has 0 spiro atoms. The van der Waals surface area contributed by atoms with Gasteiger partial charge in [-0.15, -0.1) is 11.3 Å². The second-order valence-electron chi connectivity index (χ2n) is 6.87. The van der Waals surface area contributed by atoms with Gasteiger partial charge in [-0.2, -0.15) is 5.10 Å². The molecule has 140 valence electrons. The molecule has 5 nitrogen and oxygen atoms in total. The lowest BCUT2D eigenvalue weighted by Gasteiger charge is -2.32. The third-order valence-corrected chi connectivity index (χ3v) is 6.02. The molecular weight excluding hydrogens is 365 g/mol. The van der Waals surface area contributed by atoms with Crippen molar-refractivity contribution >= 4 is 17.2 Å². The molecule has 1 atom stereocenters. The molecule has 7 heteroatoms. The minimum absolute atomic E-state index is 0.159. The minimum atomic E-state index is -1.03. The van der Waals surface area contributed by atoms with Gasteiger partial charge in [0.15, 0.2) is 0 Å². The van der Waals surface area contributed by atoms with Gasteiger partial charge in [0.25, 0.3) is 5.91 Å². The van der Waals surface area contributed by atoms with Gasteiger partial charge in [-0.05, 0) is 66.6 Å². The summed E-state index contributed by atoms with van der Waals surface area (Å²) in [5.74, 6) is -0.615. The highest BCUT2D eigenvalue weighted by Gasteiger charge is 2.35. The molecule has 4 rings (SSSR count). The first-order chi connectivity index (χ1) is 13.0. The number of carbonyl (C=O) groups is 1. The molecule has 0 bridgehead atoms. The highest BCUT2D eigenvalue weighted by Crippen LogP contribution is 2.37. The summed E-state index contributed by atoms with van der Waals surface area (Å²) in [4.78, 5) is 13.9. The summed E-state index contributed by atoms with van der Waals surface area (Å²) in [5.41, 5.74) is 1.62. The molecule has 0 aliphatic heterocycles. The summed E-state index contributed by atoms with van der Waals surface area (Å²) >= 11 is 1.65. The fourth-order valence-corrected chi connectivity index (χ4v) is 4.58. The van der Waals surface area contributed by atoms with Gasteiger partial charge in [0.1, 0.15) is 17.1 Å². The first-order valence-electron chi connectivity index (χ1n) is 8.84. The van der Waals surface area contributed by atoms with E-state index in [1.54, 1.807) is 36.6 Å². The van der Waals surface area contributed by atoms with Gasteiger partial charge in [-0.3, -0.25) is 9.48 Å². The van der Waals surface area contributed by atoms with Gasteiger partial charge in [0, 0.05) is 17.5 Å². The van der Waals surface area contributed by atoms with E-state index >= 15 is 0 Å². The Labute approximate surface area is 160 Å². The van der Waals surface area contributed by atoms with Gasteiger partial charge in [-0.25, -0.2) is 4.39 Å². The average Bonchev–Trinajstić information content (AvgIpc) is 3.28. The van der Waals surface area contributed by atoms with E-state index in [-0.39, 0.29) is 18.3 Å². The van der Waals surface area contributed by atoms with E-state index in [2.05, 4.69) is 10.4 Å². The Bertz CT molecular complexity index is 980. The number of carbonyl (C=O) groups excluding carboxylic acids is 1. The minimum Gasteiger partial charge on any atom is -0.383 e. The molecule has 1 amide bonds. The van der Waals surface area contributed by atoms with Crippen molar-refractivity contribution in [3.05, 3.63) is 63.7 Å². The van der Waals surface area contributed by atoms with Crippen LogP contribution in [0.1, 0.15) is 33.8 Å².